The number of terminal acetylenes is 1. The van der Waals surface area contributed by atoms with Crippen molar-refractivity contribution in [1.29, 1.82) is 0 Å². The van der Waals surface area contributed by atoms with Crippen molar-refractivity contribution in [1.82, 2.24) is 9.38 Å². The molecule has 0 radical (unpaired) electrons. The number of imidazole rings is 1. The van der Waals surface area contributed by atoms with E-state index in [1.165, 1.54) is 11.1 Å². The molecule has 0 unspecified atom stereocenters. The molecule has 1 N–H and O–H groups in total. The molecule has 30 heavy (non-hydrogen) atoms. The van der Waals surface area contributed by atoms with Crippen LogP contribution in [0.5, 0.6) is 0 Å². The largest absolute Gasteiger partial charge is 0.340 e. The molecule has 2 aromatic carbocycles. The van der Waals surface area contributed by atoms with Gasteiger partial charge >= 0.3 is 0 Å². The first-order valence-corrected chi connectivity index (χ1v) is 10.3. The molecule has 2 heterocycles. The molecule has 0 aliphatic heterocycles. The maximum Gasteiger partial charge on any atom is 0.138 e. The molecular weight excluding hydrogens is 366 g/mol. The summed E-state index contributed by atoms with van der Waals surface area (Å²) in [6.07, 6.45) is 9.33. The Bertz CT molecular complexity index is 1180. The lowest BCUT2D eigenvalue weighted by Crippen LogP contribution is -2.10. The summed E-state index contributed by atoms with van der Waals surface area (Å²) in [6, 6.07) is 22.9. The van der Waals surface area contributed by atoms with E-state index in [0.717, 1.165) is 41.3 Å². The number of nitrogens with one attached hydrogen (secondary N) is 1. The van der Waals surface area contributed by atoms with Gasteiger partial charge in [0.25, 0.3) is 0 Å². The van der Waals surface area contributed by atoms with E-state index in [1.807, 2.05) is 48.7 Å². The SMILES string of the molecule is C#Cc1ccc(Nc2c(CCc3ccc(C(C)(C)C)cc3)nc3ccccn23)cc1. The number of aromatic nitrogens is 2. The monoisotopic (exact) mass is 393 g/mol. The van der Waals surface area contributed by atoms with Crippen molar-refractivity contribution in [3.8, 4) is 12.3 Å². The van der Waals surface area contributed by atoms with Crippen LogP contribution in [0.15, 0.2) is 72.9 Å². The van der Waals surface area contributed by atoms with Gasteiger partial charge in [0, 0.05) is 17.4 Å². The number of anilines is 2. The zero-order chi connectivity index (χ0) is 21.1. The van der Waals surface area contributed by atoms with Crippen LogP contribution in [0.25, 0.3) is 5.65 Å². The average molecular weight is 394 g/mol. The lowest BCUT2D eigenvalue weighted by atomic mass is 9.86. The van der Waals surface area contributed by atoms with E-state index in [4.69, 9.17) is 11.4 Å². The minimum atomic E-state index is 0.173. The van der Waals surface area contributed by atoms with Crippen molar-refractivity contribution >= 4 is 17.2 Å². The number of hydrogen-bond acceptors (Lipinski definition) is 2. The summed E-state index contributed by atoms with van der Waals surface area (Å²) in [5.74, 6) is 3.67. The third kappa shape index (κ3) is 4.23. The molecule has 150 valence electrons. The Labute approximate surface area is 178 Å². The lowest BCUT2D eigenvalue weighted by molar-refractivity contribution is 0.590. The van der Waals surface area contributed by atoms with E-state index in [-0.39, 0.29) is 5.41 Å². The topological polar surface area (TPSA) is 29.3 Å². The summed E-state index contributed by atoms with van der Waals surface area (Å²) in [5.41, 5.74) is 6.72. The second kappa shape index (κ2) is 8.08. The van der Waals surface area contributed by atoms with Gasteiger partial charge < -0.3 is 5.32 Å². The molecule has 0 saturated heterocycles. The fourth-order valence-electron chi connectivity index (χ4n) is 3.57. The predicted molar refractivity (Wildman–Crippen MR) is 125 cm³/mol. The fourth-order valence-corrected chi connectivity index (χ4v) is 3.57. The summed E-state index contributed by atoms with van der Waals surface area (Å²) >= 11 is 0. The smallest absolute Gasteiger partial charge is 0.138 e. The minimum Gasteiger partial charge on any atom is -0.340 e. The molecule has 0 amide bonds. The van der Waals surface area contributed by atoms with Gasteiger partial charge in [0.2, 0.25) is 0 Å². The second-order valence-corrected chi connectivity index (χ2v) is 8.63. The minimum absolute atomic E-state index is 0.173. The van der Waals surface area contributed by atoms with Gasteiger partial charge in [-0.3, -0.25) is 4.40 Å². The highest BCUT2D eigenvalue weighted by molar-refractivity contribution is 5.64. The molecule has 0 aliphatic carbocycles. The number of rotatable bonds is 5. The zero-order valence-corrected chi connectivity index (χ0v) is 17.8. The van der Waals surface area contributed by atoms with Crippen LogP contribution in [0.4, 0.5) is 11.5 Å². The fraction of sp³-hybridized carbons (Fsp3) is 0.222. The number of nitrogens with zero attached hydrogens (tertiary/aromatic N) is 2. The normalized spacial score (nSPS) is 11.4. The van der Waals surface area contributed by atoms with Crippen molar-refractivity contribution in [2.75, 3.05) is 5.32 Å². The van der Waals surface area contributed by atoms with Crippen LogP contribution < -0.4 is 5.32 Å². The van der Waals surface area contributed by atoms with Crippen molar-refractivity contribution in [2.45, 2.75) is 39.0 Å². The third-order valence-electron chi connectivity index (χ3n) is 5.39. The van der Waals surface area contributed by atoms with Gasteiger partial charge in [0.1, 0.15) is 11.5 Å². The van der Waals surface area contributed by atoms with Gasteiger partial charge in [0.15, 0.2) is 0 Å². The lowest BCUT2D eigenvalue weighted by Gasteiger charge is -2.19. The average Bonchev–Trinajstić information content (AvgIpc) is 3.10. The van der Waals surface area contributed by atoms with Crippen molar-refractivity contribution in [3.05, 3.63) is 95.3 Å². The summed E-state index contributed by atoms with van der Waals surface area (Å²) in [4.78, 5) is 4.88. The van der Waals surface area contributed by atoms with Gasteiger partial charge in [-0.25, -0.2) is 4.98 Å². The van der Waals surface area contributed by atoms with Gasteiger partial charge in [-0.1, -0.05) is 57.0 Å². The van der Waals surface area contributed by atoms with E-state index in [1.54, 1.807) is 0 Å². The van der Waals surface area contributed by atoms with Gasteiger partial charge in [-0.15, -0.1) is 6.42 Å². The van der Waals surface area contributed by atoms with Gasteiger partial charge in [-0.05, 0) is 65.8 Å². The quantitative estimate of drug-likeness (QED) is 0.413. The Morgan fingerprint density at radius 3 is 2.33 bits per heavy atom. The molecule has 2 aromatic heterocycles. The Balaban J connectivity index is 1.59. The Kier molecular flexibility index (Phi) is 5.33. The van der Waals surface area contributed by atoms with Crippen LogP contribution in [0.1, 0.15) is 43.2 Å². The number of fused-ring (bicyclic) bond motifs is 1. The van der Waals surface area contributed by atoms with Crippen molar-refractivity contribution in [2.24, 2.45) is 0 Å². The Morgan fingerprint density at radius 1 is 0.933 bits per heavy atom. The van der Waals surface area contributed by atoms with E-state index in [2.05, 4.69) is 60.7 Å². The first kappa shape index (κ1) is 19.8. The standard InChI is InChI=1S/C27H27N3/c1-5-20-11-16-23(17-12-20)28-26-24(29-25-8-6-7-19-30(25)26)18-13-21-9-14-22(15-10-21)27(2,3)4/h1,6-12,14-17,19,28H,13,18H2,2-4H3. The first-order chi connectivity index (χ1) is 14.4. The van der Waals surface area contributed by atoms with Crippen LogP contribution in [0, 0.1) is 12.3 Å². The van der Waals surface area contributed by atoms with Crippen LogP contribution in [-0.2, 0) is 18.3 Å². The molecule has 4 aromatic rings. The molecule has 3 heteroatoms. The maximum absolute atomic E-state index is 5.48. The first-order valence-electron chi connectivity index (χ1n) is 10.3. The van der Waals surface area contributed by atoms with Gasteiger partial charge in [0.05, 0.1) is 5.69 Å². The van der Waals surface area contributed by atoms with Crippen LogP contribution in [0.2, 0.25) is 0 Å². The van der Waals surface area contributed by atoms with Crippen LogP contribution in [-0.4, -0.2) is 9.38 Å². The summed E-state index contributed by atoms with van der Waals surface area (Å²) in [5, 5.41) is 3.54. The number of pyridine rings is 1. The van der Waals surface area contributed by atoms with Crippen molar-refractivity contribution in [3.63, 3.8) is 0 Å². The third-order valence-corrected chi connectivity index (χ3v) is 5.39. The summed E-state index contributed by atoms with van der Waals surface area (Å²) in [7, 11) is 0. The van der Waals surface area contributed by atoms with Gasteiger partial charge in [-0.2, -0.15) is 0 Å². The van der Waals surface area contributed by atoms with E-state index in [0.29, 0.717) is 0 Å². The highest BCUT2D eigenvalue weighted by atomic mass is 15.1. The number of aryl methyl sites for hydroxylation is 2. The highest BCUT2D eigenvalue weighted by Crippen LogP contribution is 2.26. The summed E-state index contributed by atoms with van der Waals surface area (Å²) in [6.45, 7) is 6.73. The predicted octanol–water partition coefficient (Wildman–Crippen LogP) is 6.14. The Morgan fingerprint density at radius 2 is 1.67 bits per heavy atom. The molecule has 0 aliphatic rings. The zero-order valence-electron chi connectivity index (χ0n) is 17.8. The van der Waals surface area contributed by atoms with Crippen LogP contribution >= 0.6 is 0 Å². The molecule has 4 rings (SSSR count). The van der Waals surface area contributed by atoms with Crippen molar-refractivity contribution < 1.29 is 0 Å². The number of benzene rings is 2. The van der Waals surface area contributed by atoms with E-state index >= 15 is 0 Å². The van der Waals surface area contributed by atoms with E-state index in [9.17, 15) is 0 Å². The molecular formula is C27H27N3. The van der Waals surface area contributed by atoms with Crippen LogP contribution in [0.3, 0.4) is 0 Å². The maximum atomic E-state index is 5.48. The molecule has 0 fully saturated rings. The molecule has 0 saturated carbocycles. The molecule has 0 atom stereocenters. The highest BCUT2D eigenvalue weighted by Gasteiger charge is 2.14. The molecule has 0 spiro atoms. The summed E-state index contributed by atoms with van der Waals surface area (Å²) < 4.78 is 2.10. The second-order valence-electron chi connectivity index (χ2n) is 8.63. The Hall–Kier alpha value is -3.51. The molecule has 3 nitrogen and oxygen atoms in total. The van der Waals surface area contributed by atoms with E-state index < -0.39 is 0 Å². The number of hydrogen-bond donors (Lipinski definition) is 1. The molecule has 0 bridgehead atoms.